The smallest absolute Gasteiger partial charge is 0.406 e. The van der Waals surface area contributed by atoms with Gasteiger partial charge in [-0.2, -0.15) is 5.26 Å². The topological polar surface area (TPSA) is 71.1 Å². The zero-order valence-electron chi connectivity index (χ0n) is 12.7. The van der Waals surface area contributed by atoms with Gasteiger partial charge in [0.1, 0.15) is 5.75 Å². The molecule has 0 aliphatic heterocycles. The fourth-order valence-corrected chi connectivity index (χ4v) is 3.08. The second-order valence-electron chi connectivity index (χ2n) is 5.70. The average Bonchev–Trinajstić information content (AvgIpc) is 2.52. The monoisotopic (exact) mass is 327 g/mol. The molecule has 0 bridgehead atoms. The molecule has 1 aromatic rings. The first-order valence-corrected chi connectivity index (χ1v) is 7.66. The van der Waals surface area contributed by atoms with Gasteiger partial charge >= 0.3 is 6.36 Å². The second-order valence-corrected chi connectivity index (χ2v) is 5.70. The Balaban J connectivity index is 2.05. The maximum atomic E-state index is 12.3. The lowest BCUT2D eigenvalue weighted by atomic mass is 9.80. The van der Waals surface area contributed by atoms with Crippen LogP contribution >= 0.6 is 0 Å². The molecule has 2 rings (SSSR count). The molecular formula is C16H20F3N3O. The fourth-order valence-electron chi connectivity index (χ4n) is 3.08. The molecule has 7 heteroatoms. The van der Waals surface area contributed by atoms with Crippen LogP contribution in [0.25, 0.3) is 0 Å². The number of nitrogens with one attached hydrogen (secondary N) is 1. The Morgan fingerprint density at radius 1 is 1.26 bits per heavy atom. The van der Waals surface area contributed by atoms with Gasteiger partial charge in [-0.1, -0.05) is 6.07 Å². The van der Waals surface area contributed by atoms with Crippen LogP contribution in [0.4, 0.5) is 13.2 Å². The summed E-state index contributed by atoms with van der Waals surface area (Å²) < 4.78 is 40.6. The predicted octanol–water partition coefficient (Wildman–Crippen LogP) is 3.03. The lowest BCUT2D eigenvalue weighted by Gasteiger charge is -2.30. The molecule has 0 heterocycles. The highest BCUT2D eigenvalue weighted by molar-refractivity contribution is 5.45. The number of nitriles is 1. The van der Waals surface area contributed by atoms with Crippen molar-refractivity contribution in [2.45, 2.75) is 44.0 Å². The number of benzene rings is 1. The minimum atomic E-state index is -4.75. The predicted molar refractivity (Wildman–Crippen MR) is 79.9 cm³/mol. The molecule has 4 nitrogen and oxygen atoms in total. The summed E-state index contributed by atoms with van der Waals surface area (Å²) in [5.41, 5.74) is 6.53. The van der Waals surface area contributed by atoms with Gasteiger partial charge in [0.05, 0.1) is 11.6 Å². The molecular weight excluding hydrogens is 307 g/mol. The van der Waals surface area contributed by atoms with E-state index in [4.69, 9.17) is 5.73 Å². The van der Waals surface area contributed by atoms with Crippen LogP contribution in [0.2, 0.25) is 0 Å². The van der Waals surface area contributed by atoms with Crippen molar-refractivity contribution in [3.8, 4) is 11.8 Å². The third kappa shape index (κ3) is 5.12. The summed E-state index contributed by atoms with van der Waals surface area (Å²) in [5.74, 6) is -0.156. The van der Waals surface area contributed by atoms with E-state index in [0.717, 1.165) is 37.8 Å². The van der Waals surface area contributed by atoms with E-state index in [2.05, 4.69) is 10.1 Å². The average molecular weight is 327 g/mol. The molecule has 23 heavy (non-hydrogen) atoms. The number of halogens is 3. The van der Waals surface area contributed by atoms with Crippen LogP contribution in [0, 0.1) is 11.3 Å². The number of hydrogen-bond donors (Lipinski definition) is 2. The molecule has 0 atom stereocenters. The Morgan fingerprint density at radius 2 is 1.96 bits per heavy atom. The zero-order valence-corrected chi connectivity index (χ0v) is 12.7. The van der Waals surface area contributed by atoms with Crippen LogP contribution in [0.3, 0.4) is 0 Å². The zero-order chi connectivity index (χ0) is 16.9. The SMILES string of the molecule is N#Cc1cc(OC(F)(F)F)ccc1C1CCC(NCCN)CC1. The summed E-state index contributed by atoms with van der Waals surface area (Å²) in [6.45, 7) is 1.38. The first-order chi connectivity index (χ1) is 10.9. The Kier molecular flexibility index (Phi) is 5.85. The van der Waals surface area contributed by atoms with Crippen LogP contribution in [0.1, 0.15) is 42.7 Å². The lowest BCUT2D eigenvalue weighted by molar-refractivity contribution is -0.274. The van der Waals surface area contributed by atoms with Crippen molar-refractivity contribution in [2.75, 3.05) is 13.1 Å². The van der Waals surface area contributed by atoms with Crippen LogP contribution in [0.5, 0.6) is 5.75 Å². The number of rotatable bonds is 5. The van der Waals surface area contributed by atoms with Crippen molar-refractivity contribution in [3.05, 3.63) is 29.3 Å². The molecule has 3 N–H and O–H groups in total. The first kappa shape index (κ1) is 17.6. The van der Waals surface area contributed by atoms with E-state index in [0.29, 0.717) is 12.6 Å². The maximum absolute atomic E-state index is 12.3. The van der Waals surface area contributed by atoms with Gasteiger partial charge in [0.15, 0.2) is 0 Å². The van der Waals surface area contributed by atoms with Crippen molar-refractivity contribution >= 4 is 0 Å². The summed E-state index contributed by atoms with van der Waals surface area (Å²) in [6.07, 6.45) is -1.01. The summed E-state index contributed by atoms with van der Waals surface area (Å²) in [4.78, 5) is 0. The normalized spacial score (nSPS) is 21.7. The molecule has 1 aliphatic rings. The summed E-state index contributed by atoms with van der Waals surface area (Å²) in [5, 5.41) is 12.6. The van der Waals surface area contributed by atoms with Gasteiger partial charge in [-0.15, -0.1) is 13.2 Å². The molecule has 0 unspecified atom stereocenters. The van der Waals surface area contributed by atoms with Gasteiger partial charge < -0.3 is 15.8 Å². The highest BCUT2D eigenvalue weighted by atomic mass is 19.4. The lowest BCUT2D eigenvalue weighted by Crippen LogP contribution is -2.36. The first-order valence-electron chi connectivity index (χ1n) is 7.66. The van der Waals surface area contributed by atoms with Gasteiger partial charge in [-0.25, -0.2) is 0 Å². The van der Waals surface area contributed by atoms with E-state index in [9.17, 15) is 18.4 Å². The number of alkyl halides is 3. The summed E-state index contributed by atoms with van der Waals surface area (Å²) in [7, 11) is 0. The third-order valence-corrected chi connectivity index (χ3v) is 4.12. The van der Waals surface area contributed by atoms with Gasteiger partial charge in [-0.3, -0.25) is 0 Å². The highest BCUT2D eigenvalue weighted by Crippen LogP contribution is 2.36. The molecule has 0 aromatic heterocycles. The number of hydrogen-bond acceptors (Lipinski definition) is 4. The quantitative estimate of drug-likeness (QED) is 0.872. The number of nitrogens with two attached hydrogens (primary N) is 1. The molecule has 1 aromatic carbocycles. The molecule has 0 radical (unpaired) electrons. The van der Waals surface area contributed by atoms with E-state index < -0.39 is 6.36 Å². The van der Waals surface area contributed by atoms with Gasteiger partial charge in [0.25, 0.3) is 0 Å². The third-order valence-electron chi connectivity index (χ3n) is 4.12. The van der Waals surface area contributed by atoms with Crippen molar-refractivity contribution in [3.63, 3.8) is 0 Å². The van der Waals surface area contributed by atoms with Crippen molar-refractivity contribution in [1.29, 1.82) is 5.26 Å². The fraction of sp³-hybridized carbons (Fsp3) is 0.562. The summed E-state index contributed by atoms with van der Waals surface area (Å²) in [6, 6.07) is 6.44. The van der Waals surface area contributed by atoms with E-state index >= 15 is 0 Å². The Labute approximate surface area is 133 Å². The number of nitrogens with zero attached hydrogens (tertiary/aromatic N) is 1. The van der Waals surface area contributed by atoms with Crippen LogP contribution in [-0.2, 0) is 0 Å². The molecule has 126 valence electrons. The summed E-state index contributed by atoms with van der Waals surface area (Å²) >= 11 is 0. The van der Waals surface area contributed by atoms with E-state index in [-0.39, 0.29) is 17.2 Å². The van der Waals surface area contributed by atoms with Crippen molar-refractivity contribution in [2.24, 2.45) is 5.73 Å². The molecule has 1 fully saturated rings. The van der Waals surface area contributed by atoms with Gasteiger partial charge in [0, 0.05) is 19.1 Å². The Bertz CT molecular complexity index is 561. The minimum absolute atomic E-state index is 0.195. The number of ether oxygens (including phenoxy) is 1. The van der Waals surface area contributed by atoms with Crippen molar-refractivity contribution in [1.82, 2.24) is 5.32 Å². The molecule has 0 spiro atoms. The minimum Gasteiger partial charge on any atom is -0.406 e. The highest BCUT2D eigenvalue weighted by Gasteiger charge is 2.31. The Hall–Kier alpha value is -1.78. The van der Waals surface area contributed by atoms with E-state index in [1.54, 1.807) is 6.07 Å². The van der Waals surface area contributed by atoms with Gasteiger partial charge in [-0.05, 0) is 49.3 Å². The largest absolute Gasteiger partial charge is 0.573 e. The maximum Gasteiger partial charge on any atom is 0.573 e. The molecule has 0 amide bonds. The van der Waals surface area contributed by atoms with Crippen LogP contribution in [0.15, 0.2) is 18.2 Å². The molecule has 1 aliphatic carbocycles. The standard InChI is InChI=1S/C16H20F3N3O/c17-16(18,19)23-14-5-6-15(12(9-14)10-21)11-1-3-13(4-2-11)22-8-7-20/h5-6,9,11,13,22H,1-4,7-8,20H2. The second kappa shape index (κ2) is 7.66. The molecule has 0 saturated heterocycles. The Morgan fingerprint density at radius 3 is 2.52 bits per heavy atom. The van der Waals surface area contributed by atoms with Gasteiger partial charge in [0.2, 0.25) is 0 Å². The van der Waals surface area contributed by atoms with Crippen LogP contribution < -0.4 is 15.8 Å². The molecule has 1 saturated carbocycles. The van der Waals surface area contributed by atoms with Crippen LogP contribution in [-0.4, -0.2) is 25.5 Å². The van der Waals surface area contributed by atoms with E-state index in [1.807, 2.05) is 6.07 Å². The van der Waals surface area contributed by atoms with Crippen molar-refractivity contribution < 1.29 is 17.9 Å². The van der Waals surface area contributed by atoms with E-state index in [1.165, 1.54) is 12.1 Å².